The first-order valence-electron chi connectivity index (χ1n) is 7.28. The number of para-hydroxylation sites is 1. The molecular weight excluding hydrogens is 292 g/mol. The first-order valence-corrected chi connectivity index (χ1v) is 7.28. The molecule has 0 spiro atoms. The fourth-order valence-corrected chi connectivity index (χ4v) is 2.32. The average molecular weight is 308 g/mol. The normalized spacial score (nSPS) is 10.4. The molecule has 0 saturated carbocycles. The van der Waals surface area contributed by atoms with Crippen LogP contribution < -0.4 is 10.9 Å². The van der Waals surface area contributed by atoms with Gasteiger partial charge in [-0.15, -0.1) is 0 Å². The van der Waals surface area contributed by atoms with E-state index in [0.29, 0.717) is 12.0 Å². The van der Waals surface area contributed by atoms with Gasteiger partial charge in [0.25, 0.3) is 5.91 Å². The summed E-state index contributed by atoms with van der Waals surface area (Å²) in [4.78, 5) is 31.0. The molecule has 6 heteroatoms. The number of pyridine rings is 1. The molecule has 3 rings (SSSR count). The summed E-state index contributed by atoms with van der Waals surface area (Å²) in [5.74, 6) is -0.598. The largest absolute Gasteiger partial charge is 0.360 e. The van der Waals surface area contributed by atoms with E-state index in [-0.39, 0.29) is 18.2 Å². The van der Waals surface area contributed by atoms with Crippen LogP contribution in [-0.4, -0.2) is 21.8 Å². The van der Waals surface area contributed by atoms with Gasteiger partial charge < -0.3 is 4.98 Å². The Balaban J connectivity index is 1.53. The third-order valence-electron chi connectivity index (χ3n) is 3.51. The van der Waals surface area contributed by atoms with Gasteiger partial charge in [-0.1, -0.05) is 24.3 Å². The van der Waals surface area contributed by atoms with Crippen molar-refractivity contribution in [3.63, 3.8) is 0 Å². The molecule has 2 heterocycles. The highest BCUT2D eigenvalue weighted by molar-refractivity contribution is 6.07. The Morgan fingerprint density at radius 3 is 2.78 bits per heavy atom. The molecule has 0 bridgehead atoms. The number of benzene rings is 1. The van der Waals surface area contributed by atoms with E-state index in [1.165, 1.54) is 0 Å². The second kappa shape index (κ2) is 6.74. The van der Waals surface area contributed by atoms with Gasteiger partial charge in [0, 0.05) is 35.9 Å². The molecule has 0 atom stereocenters. The average Bonchev–Trinajstić information content (AvgIpc) is 3.03. The van der Waals surface area contributed by atoms with E-state index in [4.69, 9.17) is 0 Å². The van der Waals surface area contributed by atoms with Crippen molar-refractivity contribution in [1.29, 1.82) is 0 Å². The van der Waals surface area contributed by atoms with E-state index in [9.17, 15) is 9.59 Å². The predicted molar refractivity (Wildman–Crippen MR) is 86.5 cm³/mol. The monoisotopic (exact) mass is 308 g/mol. The van der Waals surface area contributed by atoms with Crippen LogP contribution in [0.3, 0.4) is 0 Å². The molecule has 0 radical (unpaired) electrons. The maximum Gasteiger partial charge on any atom is 0.271 e. The van der Waals surface area contributed by atoms with Crippen LogP contribution in [0, 0.1) is 0 Å². The Morgan fingerprint density at radius 2 is 1.96 bits per heavy atom. The lowest BCUT2D eigenvalue weighted by Crippen LogP contribution is -2.41. The molecule has 2 amide bonds. The standard InChI is InChI=1S/C17H16N4O2/c22-16(8-7-12-4-3-9-18-10-12)20-21-17(23)14-11-19-15-6-2-1-5-13(14)15/h1-6,9-11,19H,7-8H2,(H,20,22)(H,21,23). The fraction of sp³-hybridized carbons (Fsp3) is 0.118. The number of fused-ring (bicyclic) bond motifs is 1. The first kappa shape index (κ1) is 14.8. The van der Waals surface area contributed by atoms with Crippen LogP contribution in [0.5, 0.6) is 0 Å². The van der Waals surface area contributed by atoms with Gasteiger partial charge in [-0.05, 0) is 24.1 Å². The van der Waals surface area contributed by atoms with E-state index in [0.717, 1.165) is 16.5 Å². The number of hydrogen-bond donors (Lipinski definition) is 3. The number of hydrazine groups is 1. The van der Waals surface area contributed by atoms with Crippen molar-refractivity contribution in [2.45, 2.75) is 12.8 Å². The van der Waals surface area contributed by atoms with E-state index < -0.39 is 0 Å². The minimum absolute atomic E-state index is 0.248. The molecule has 23 heavy (non-hydrogen) atoms. The van der Waals surface area contributed by atoms with Gasteiger partial charge in [-0.25, -0.2) is 0 Å². The summed E-state index contributed by atoms with van der Waals surface area (Å²) in [7, 11) is 0. The summed E-state index contributed by atoms with van der Waals surface area (Å²) in [6.45, 7) is 0. The third-order valence-corrected chi connectivity index (χ3v) is 3.51. The minimum Gasteiger partial charge on any atom is -0.360 e. The highest BCUT2D eigenvalue weighted by Crippen LogP contribution is 2.17. The van der Waals surface area contributed by atoms with Crippen LogP contribution in [0.1, 0.15) is 22.3 Å². The van der Waals surface area contributed by atoms with E-state index in [2.05, 4.69) is 20.8 Å². The summed E-state index contributed by atoms with van der Waals surface area (Å²) in [6.07, 6.45) is 5.88. The van der Waals surface area contributed by atoms with Gasteiger partial charge in [-0.2, -0.15) is 0 Å². The van der Waals surface area contributed by atoms with Crippen molar-refractivity contribution in [2.75, 3.05) is 0 Å². The number of aromatic nitrogens is 2. The van der Waals surface area contributed by atoms with Crippen molar-refractivity contribution in [3.05, 3.63) is 66.1 Å². The fourth-order valence-electron chi connectivity index (χ4n) is 2.32. The Kier molecular flexibility index (Phi) is 4.33. The van der Waals surface area contributed by atoms with Gasteiger partial charge in [0.1, 0.15) is 0 Å². The highest BCUT2D eigenvalue weighted by atomic mass is 16.2. The zero-order chi connectivity index (χ0) is 16.1. The molecule has 0 aliphatic rings. The summed E-state index contributed by atoms with van der Waals surface area (Å²) < 4.78 is 0. The van der Waals surface area contributed by atoms with Gasteiger partial charge in [-0.3, -0.25) is 25.4 Å². The zero-order valence-electron chi connectivity index (χ0n) is 12.4. The lowest BCUT2D eigenvalue weighted by atomic mass is 10.1. The molecular formula is C17H16N4O2. The Hall–Kier alpha value is -3.15. The summed E-state index contributed by atoms with van der Waals surface area (Å²) in [5, 5.41) is 0.814. The number of H-pyrrole nitrogens is 1. The third kappa shape index (κ3) is 3.55. The van der Waals surface area contributed by atoms with Crippen molar-refractivity contribution in [1.82, 2.24) is 20.8 Å². The maximum atomic E-state index is 12.1. The number of carbonyl (C=O) groups excluding carboxylic acids is 2. The van der Waals surface area contributed by atoms with Crippen LogP contribution in [0.4, 0.5) is 0 Å². The van der Waals surface area contributed by atoms with Crippen molar-refractivity contribution in [3.8, 4) is 0 Å². The minimum atomic E-state index is -0.350. The smallest absolute Gasteiger partial charge is 0.271 e. The van der Waals surface area contributed by atoms with E-state index >= 15 is 0 Å². The van der Waals surface area contributed by atoms with Gasteiger partial charge in [0.2, 0.25) is 5.91 Å². The number of aromatic amines is 1. The topological polar surface area (TPSA) is 86.9 Å². The number of amides is 2. The number of aryl methyl sites for hydroxylation is 1. The Morgan fingerprint density at radius 1 is 1.09 bits per heavy atom. The van der Waals surface area contributed by atoms with Gasteiger partial charge in [0.15, 0.2) is 0 Å². The first-order chi connectivity index (χ1) is 11.2. The lowest BCUT2D eigenvalue weighted by molar-refractivity contribution is -0.121. The highest BCUT2D eigenvalue weighted by Gasteiger charge is 2.12. The van der Waals surface area contributed by atoms with Crippen LogP contribution in [-0.2, 0) is 11.2 Å². The molecule has 0 aliphatic heterocycles. The second-order valence-electron chi connectivity index (χ2n) is 5.11. The molecule has 1 aromatic carbocycles. The SMILES string of the molecule is O=C(CCc1cccnc1)NNC(=O)c1c[nH]c2ccccc12. The van der Waals surface area contributed by atoms with Crippen molar-refractivity contribution >= 4 is 22.7 Å². The summed E-state index contributed by atoms with van der Waals surface area (Å²) in [5.41, 5.74) is 7.22. The molecule has 3 aromatic rings. The number of rotatable bonds is 4. The Labute approximate surface area is 132 Å². The molecule has 0 fully saturated rings. The molecule has 6 nitrogen and oxygen atoms in total. The molecule has 116 valence electrons. The molecule has 0 saturated heterocycles. The predicted octanol–water partition coefficient (Wildman–Crippen LogP) is 1.96. The number of nitrogens with one attached hydrogen (secondary N) is 3. The van der Waals surface area contributed by atoms with Gasteiger partial charge >= 0.3 is 0 Å². The van der Waals surface area contributed by atoms with Crippen molar-refractivity contribution < 1.29 is 9.59 Å². The van der Waals surface area contributed by atoms with Crippen LogP contribution in [0.25, 0.3) is 10.9 Å². The number of hydrogen-bond acceptors (Lipinski definition) is 3. The van der Waals surface area contributed by atoms with E-state index in [1.807, 2.05) is 36.4 Å². The molecule has 0 unspecified atom stereocenters. The van der Waals surface area contributed by atoms with Crippen LogP contribution in [0.15, 0.2) is 55.0 Å². The van der Waals surface area contributed by atoms with E-state index in [1.54, 1.807) is 18.6 Å². The molecule has 2 aromatic heterocycles. The molecule has 0 aliphatic carbocycles. The van der Waals surface area contributed by atoms with Crippen molar-refractivity contribution in [2.24, 2.45) is 0 Å². The molecule has 3 N–H and O–H groups in total. The lowest BCUT2D eigenvalue weighted by Gasteiger charge is -2.06. The van der Waals surface area contributed by atoms with Crippen LogP contribution >= 0.6 is 0 Å². The zero-order valence-corrected chi connectivity index (χ0v) is 12.4. The number of nitrogens with zero attached hydrogens (tertiary/aromatic N) is 1. The maximum absolute atomic E-state index is 12.1. The quantitative estimate of drug-likeness (QED) is 0.644. The second-order valence-corrected chi connectivity index (χ2v) is 5.11. The van der Waals surface area contributed by atoms with Crippen LogP contribution in [0.2, 0.25) is 0 Å². The number of carbonyl (C=O) groups is 2. The Bertz CT molecular complexity index is 827. The van der Waals surface area contributed by atoms with Gasteiger partial charge in [0.05, 0.1) is 5.56 Å². The summed E-state index contributed by atoms with van der Waals surface area (Å²) >= 11 is 0. The summed E-state index contributed by atoms with van der Waals surface area (Å²) in [6, 6.07) is 11.2.